The van der Waals surface area contributed by atoms with Gasteiger partial charge in [0.05, 0.1) is 11.6 Å². The zero-order chi connectivity index (χ0) is 12.1. The molecule has 0 spiro atoms. The van der Waals surface area contributed by atoms with Crippen molar-refractivity contribution in [1.29, 1.82) is 5.26 Å². The van der Waals surface area contributed by atoms with Crippen LogP contribution in [-0.4, -0.2) is 7.05 Å². The van der Waals surface area contributed by atoms with Gasteiger partial charge in [-0.3, -0.25) is 0 Å². The van der Waals surface area contributed by atoms with Gasteiger partial charge in [0.2, 0.25) is 0 Å². The molecule has 2 rings (SSSR count). The van der Waals surface area contributed by atoms with Crippen LogP contribution in [0, 0.1) is 11.3 Å². The molecular weight excluding hydrogens is 208 g/mol. The topological polar surface area (TPSA) is 27.0 Å². The first-order valence-electron chi connectivity index (χ1n) is 5.55. The summed E-state index contributed by atoms with van der Waals surface area (Å²) >= 11 is 0. The lowest BCUT2D eigenvalue weighted by Crippen LogP contribution is -2.16. The summed E-state index contributed by atoms with van der Waals surface area (Å²) in [6.45, 7) is 0.843. The van der Waals surface area contributed by atoms with E-state index in [0.29, 0.717) is 5.56 Å². The van der Waals surface area contributed by atoms with E-state index < -0.39 is 0 Å². The predicted octanol–water partition coefficient (Wildman–Crippen LogP) is 3.19. The summed E-state index contributed by atoms with van der Waals surface area (Å²) < 4.78 is 0. The Hall–Kier alpha value is -2.27. The summed E-state index contributed by atoms with van der Waals surface area (Å²) in [5.41, 5.74) is 3.02. The minimum atomic E-state index is 0.697. The van der Waals surface area contributed by atoms with Crippen molar-refractivity contribution in [2.75, 3.05) is 11.9 Å². The second-order valence-electron chi connectivity index (χ2n) is 4.00. The molecule has 2 aromatic carbocycles. The van der Waals surface area contributed by atoms with Crippen molar-refractivity contribution >= 4 is 5.69 Å². The van der Waals surface area contributed by atoms with E-state index in [2.05, 4.69) is 23.1 Å². The normalized spacial score (nSPS) is 9.65. The van der Waals surface area contributed by atoms with E-state index in [1.807, 2.05) is 49.5 Å². The summed E-state index contributed by atoms with van der Waals surface area (Å²) in [7, 11) is 2.03. The van der Waals surface area contributed by atoms with Crippen molar-refractivity contribution in [1.82, 2.24) is 0 Å². The van der Waals surface area contributed by atoms with E-state index in [9.17, 15) is 0 Å². The first-order chi connectivity index (χ1) is 8.29. The van der Waals surface area contributed by atoms with Gasteiger partial charge in [-0.25, -0.2) is 0 Å². The zero-order valence-electron chi connectivity index (χ0n) is 9.80. The van der Waals surface area contributed by atoms with Crippen molar-refractivity contribution in [2.24, 2.45) is 0 Å². The van der Waals surface area contributed by atoms with Crippen LogP contribution < -0.4 is 4.90 Å². The van der Waals surface area contributed by atoms with Gasteiger partial charge in [-0.2, -0.15) is 5.26 Å². The second-order valence-corrected chi connectivity index (χ2v) is 4.00. The Labute approximate surface area is 102 Å². The van der Waals surface area contributed by atoms with Crippen LogP contribution in [0.15, 0.2) is 54.6 Å². The molecule has 0 bridgehead atoms. The van der Waals surface area contributed by atoms with E-state index in [4.69, 9.17) is 5.26 Å². The SMILES string of the molecule is CN(Cc1ccccc1)c1cccc(C#N)c1. The summed E-state index contributed by atoms with van der Waals surface area (Å²) in [6, 6.07) is 20.1. The van der Waals surface area contributed by atoms with Gasteiger partial charge in [0.25, 0.3) is 0 Å². The van der Waals surface area contributed by atoms with Crippen LogP contribution >= 0.6 is 0 Å². The maximum absolute atomic E-state index is 8.87. The Balaban J connectivity index is 2.15. The fraction of sp³-hybridized carbons (Fsp3) is 0.133. The first kappa shape index (κ1) is 11.2. The fourth-order valence-corrected chi connectivity index (χ4v) is 1.76. The van der Waals surface area contributed by atoms with Gasteiger partial charge in [0.1, 0.15) is 0 Å². The van der Waals surface area contributed by atoms with E-state index >= 15 is 0 Å². The molecular formula is C15H14N2. The molecule has 0 amide bonds. The number of benzene rings is 2. The lowest BCUT2D eigenvalue weighted by atomic mass is 10.2. The van der Waals surface area contributed by atoms with Crippen LogP contribution in [0.2, 0.25) is 0 Å². The van der Waals surface area contributed by atoms with Crippen molar-refractivity contribution in [3.8, 4) is 6.07 Å². The summed E-state index contributed by atoms with van der Waals surface area (Å²) in [5.74, 6) is 0. The highest BCUT2D eigenvalue weighted by molar-refractivity contribution is 5.51. The summed E-state index contributed by atoms with van der Waals surface area (Å²) in [5, 5.41) is 8.87. The Morgan fingerprint density at radius 2 is 1.82 bits per heavy atom. The summed E-state index contributed by atoms with van der Waals surface area (Å²) in [6.07, 6.45) is 0. The maximum Gasteiger partial charge on any atom is 0.0992 e. The molecule has 2 heteroatoms. The minimum Gasteiger partial charge on any atom is -0.370 e. The predicted molar refractivity (Wildman–Crippen MR) is 69.7 cm³/mol. The van der Waals surface area contributed by atoms with Crippen molar-refractivity contribution in [3.05, 3.63) is 65.7 Å². The highest BCUT2D eigenvalue weighted by Gasteiger charge is 2.02. The van der Waals surface area contributed by atoms with Crippen molar-refractivity contribution in [2.45, 2.75) is 6.54 Å². The van der Waals surface area contributed by atoms with Gasteiger partial charge >= 0.3 is 0 Å². The van der Waals surface area contributed by atoms with E-state index in [0.717, 1.165) is 12.2 Å². The minimum absolute atomic E-state index is 0.697. The van der Waals surface area contributed by atoms with Crippen molar-refractivity contribution < 1.29 is 0 Å². The molecule has 0 heterocycles. The lowest BCUT2D eigenvalue weighted by molar-refractivity contribution is 0.923. The second kappa shape index (κ2) is 5.18. The Morgan fingerprint density at radius 3 is 2.53 bits per heavy atom. The third-order valence-corrected chi connectivity index (χ3v) is 2.68. The Kier molecular flexibility index (Phi) is 3.42. The van der Waals surface area contributed by atoms with E-state index in [1.165, 1.54) is 5.56 Å². The molecule has 0 aliphatic heterocycles. The quantitative estimate of drug-likeness (QED) is 0.797. The highest BCUT2D eigenvalue weighted by atomic mass is 15.1. The molecule has 0 fully saturated rings. The third kappa shape index (κ3) is 2.85. The fourth-order valence-electron chi connectivity index (χ4n) is 1.76. The van der Waals surface area contributed by atoms with Gasteiger partial charge in [-0.05, 0) is 23.8 Å². The number of rotatable bonds is 3. The van der Waals surface area contributed by atoms with Crippen LogP contribution in [0.25, 0.3) is 0 Å². The van der Waals surface area contributed by atoms with Crippen molar-refractivity contribution in [3.63, 3.8) is 0 Å². The molecule has 0 aliphatic carbocycles. The lowest BCUT2D eigenvalue weighted by Gasteiger charge is -2.19. The molecule has 0 saturated heterocycles. The number of anilines is 1. The smallest absolute Gasteiger partial charge is 0.0992 e. The molecule has 0 radical (unpaired) electrons. The third-order valence-electron chi connectivity index (χ3n) is 2.68. The molecule has 0 aliphatic rings. The molecule has 84 valence electrons. The van der Waals surface area contributed by atoms with E-state index in [-0.39, 0.29) is 0 Å². The number of hydrogen-bond donors (Lipinski definition) is 0. The Morgan fingerprint density at radius 1 is 1.06 bits per heavy atom. The average Bonchev–Trinajstić information content (AvgIpc) is 2.40. The molecule has 2 nitrogen and oxygen atoms in total. The van der Waals surface area contributed by atoms with Crippen LogP contribution in [0.1, 0.15) is 11.1 Å². The van der Waals surface area contributed by atoms with Gasteiger partial charge in [0.15, 0.2) is 0 Å². The maximum atomic E-state index is 8.87. The van der Waals surface area contributed by atoms with Crippen LogP contribution in [0.3, 0.4) is 0 Å². The number of nitriles is 1. The van der Waals surface area contributed by atoms with Crippen LogP contribution in [0.5, 0.6) is 0 Å². The summed E-state index contributed by atoms with van der Waals surface area (Å²) in [4.78, 5) is 2.14. The largest absolute Gasteiger partial charge is 0.370 e. The van der Waals surface area contributed by atoms with Gasteiger partial charge < -0.3 is 4.90 Å². The highest BCUT2D eigenvalue weighted by Crippen LogP contribution is 2.16. The van der Waals surface area contributed by atoms with E-state index in [1.54, 1.807) is 0 Å². The molecule has 0 saturated carbocycles. The first-order valence-corrected chi connectivity index (χ1v) is 5.55. The number of nitrogens with zero attached hydrogens (tertiary/aromatic N) is 2. The standard InChI is InChI=1S/C15H14N2/c1-17(12-13-6-3-2-4-7-13)15-9-5-8-14(10-15)11-16/h2-10H,12H2,1H3. The monoisotopic (exact) mass is 222 g/mol. The molecule has 17 heavy (non-hydrogen) atoms. The zero-order valence-corrected chi connectivity index (χ0v) is 9.80. The van der Waals surface area contributed by atoms with Gasteiger partial charge in [0, 0.05) is 19.3 Å². The van der Waals surface area contributed by atoms with Crippen LogP contribution in [0.4, 0.5) is 5.69 Å². The van der Waals surface area contributed by atoms with Gasteiger partial charge in [-0.1, -0.05) is 36.4 Å². The molecule has 0 N–H and O–H groups in total. The van der Waals surface area contributed by atoms with Gasteiger partial charge in [-0.15, -0.1) is 0 Å². The molecule has 0 unspecified atom stereocenters. The molecule has 0 atom stereocenters. The molecule has 0 aromatic heterocycles. The Bertz CT molecular complexity index is 526. The molecule has 2 aromatic rings. The number of hydrogen-bond acceptors (Lipinski definition) is 2. The van der Waals surface area contributed by atoms with Crippen LogP contribution in [-0.2, 0) is 6.54 Å². The average molecular weight is 222 g/mol.